The van der Waals surface area contributed by atoms with E-state index >= 15 is 0 Å². The first-order chi connectivity index (χ1) is 5.06. The van der Waals surface area contributed by atoms with Gasteiger partial charge in [0.2, 0.25) is 0 Å². The Morgan fingerprint density at radius 1 is 1.82 bits per heavy atom. The summed E-state index contributed by atoms with van der Waals surface area (Å²) in [6.07, 6.45) is 3.00. The van der Waals surface area contributed by atoms with E-state index in [4.69, 9.17) is 5.11 Å². The van der Waals surface area contributed by atoms with Gasteiger partial charge in [0.1, 0.15) is 5.54 Å². The molecule has 0 aromatic heterocycles. The van der Waals surface area contributed by atoms with Gasteiger partial charge in [-0.15, -0.1) is 6.58 Å². The molecule has 11 heavy (non-hydrogen) atoms. The summed E-state index contributed by atoms with van der Waals surface area (Å²) in [6, 6.07) is 0. The first-order valence-corrected chi connectivity index (χ1v) is 3.60. The summed E-state index contributed by atoms with van der Waals surface area (Å²) in [5.74, 6) is -0.818. The van der Waals surface area contributed by atoms with Gasteiger partial charge in [0.15, 0.2) is 0 Å². The number of hydrogen-bond acceptors (Lipinski definition) is 2. The summed E-state index contributed by atoms with van der Waals surface area (Å²) >= 11 is 0. The van der Waals surface area contributed by atoms with E-state index in [0.717, 1.165) is 0 Å². The molecule has 0 saturated heterocycles. The monoisotopic (exact) mass is 157 g/mol. The molecule has 0 bridgehead atoms. The molecule has 0 saturated carbocycles. The molecule has 0 aromatic carbocycles. The summed E-state index contributed by atoms with van der Waals surface area (Å²) in [7, 11) is 1.65. The second kappa shape index (κ2) is 4.13. The van der Waals surface area contributed by atoms with Crippen molar-refractivity contribution in [3.63, 3.8) is 0 Å². The molecule has 1 atom stereocenters. The van der Waals surface area contributed by atoms with Crippen molar-refractivity contribution in [2.75, 3.05) is 7.05 Å². The van der Waals surface area contributed by atoms with Gasteiger partial charge in [0.05, 0.1) is 0 Å². The molecule has 3 nitrogen and oxygen atoms in total. The Balaban J connectivity index is 4.09. The van der Waals surface area contributed by atoms with Crippen LogP contribution in [0.15, 0.2) is 12.7 Å². The van der Waals surface area contributed by atoms with Gasteiger partial charge < -0.3 is 10.4 Å². The third kappa shape index (κ3) is 2.72. The minimum atomic E-state index is -0.818. The van der Waals surface area contributed by atoms with Gasteiger partial charge in [-0.25, -0.2) is 0 Å². The van der Waals surface area contributed by atoms with Gasteiger partial charge >= 0.3 is 5.97 Å². The summed E-state index contributed by atoms with van der Waals surface area (Å²) < 4.78 is 0. The Hall–Kier alpha value is -0.830. The smallest absolute Gasteiger partial charge is 0.323 e. The SMILES string of the molecule is C=CCCC(C)(NC)C(=O)O. The molecule has 0 rings (SSSR count). The fourth-order valence-electron chi connectivity index (χ4n) is 0.730. The van der Waals surface area contributed by atoms with Crippen LogP contribution in [0.4, 0.5) is 0 Å². The summed E-state index contributed by atoms with van der Waals surface area (Å²) in [6.45, 7) is 5.20. The number of rotatable bonds is 5. The van der Waals surface area contributed by atoms with Crippen LogP contribution in [0.3, 0.4) is 0 Å². The Bertz CT molecular complexity index is 156. The highest BCUT2D eigenvalue weighted by molar-refractivity contribution is 5.78. The van der Waals surface area contributed by atoms with E-state index in [-0.39, 0.29) is 0 Å². The van der Waals surface area contributed by atoms with Crippen molar-refractivity contribution < 1.29 is 9.90 Å². The number of carboxylic acids is 1. The van der Waals surface area contributed by atoms with Crippen LogP contribution in [0.5, 0.6) is 0 Å². The van der Waals surface area contributed by atoms with Crippen molar-refractivity contribution in [1.29, 1.82) is 0 Å². The molecule has 0 aliphatic carbocycles. The molecule has 0 aliphatic heterocycles. The van der Waals surface area contributed by atoms with Crippen LogP contribution in [0, 0.1) is 0 Å². The number of nitrogens with one attached hydrogen (secondary N) is 1. The lowest BCUT2D eigenvalue weighted by Gasteiger charge is -2.23. The van der Waals surface area contributed by atoms with Crippen LogP contribution in [0.25, 0.3) is 0 Å². The van der Waals surface area contributed by atoms with Gasteiger partial charge in [0.25, 0.3) is 0 Å². The van der Waals surface area contributed by atoms with Gasteiger partial charge in [-0.2, -0.15) is 0 Å². The first kappa shape index (κ1) is 10.2. The van der Waals surface area contributed by atoms with Crippen molar-refractivity contribution in [2.45, 2.75) is 25.3 Å². The van der Waals surface area contributed by atoms with E-state index in [2.05, 4.69) is 11.9 Å². The molecule has 0 aliphatic rings. The van der Waals surface area contributed by atoms with Crippen molar-refractivity contribution >= 4 is 5.97 Å². The number of carbonyl (C=O) groups is 1. The van der Waals surface area contributed by atoms with Gasteiger partial charge in [-0.3, -0.25) is 4.79 Å². The number of aliphatic carboxylic acids is 1. The van der Waals surface area contributed by atoms with Crippen LogP contribution in [-0.4, -0.2) is 23.7 Å². The Labute approximate surface area is 67.1 Å². The first-order valence-electron chi connectivity index (χ1n) is 3.60. The van der Waals surface area contributed by atoms with E-state index in [1.807, 2.05) is 0 Å². The average molecular weight is 157 g/mol. The van der Waals surface area contributed by atoms with Gasteiger partial charge in [0, 0.05) is 0 Å². The van der Waals surface area contributed by atoms with E-state index in [1.165, 1.54) is 0 Å². The fraction of sp³-hybridized carbons (Fsp3) is 0.625. The van der Waals surface area contributed by atoms with E-state index in [0.29, 0.717) is 12.8 Å². The molecule has 0 spiro atoms. The maximum Gasteiger partial charge on any atom is 0.323 e. The predicted octanol–water partition coefficient (Wildman–Crippen LogP) is 1.02. The molecule has 1 unspecified atom stereocenters. The molecule has 64 valence electrons. The maximum atomic E-state index is 10.7. The van der Waals surface area contributed by atoms with Gasteiger partial charge in [-0.05, 0) is 26.8 Å². The van der Waals surface area contributed by atoms with E-state index < -0.39 is 11.5 Å². The quantitative estimate of drug-likeness (QED) is 0.586. The van der Waals surface area contributed by atoms with Crippen molar-refractivity contribution in [3.8, 4) is 0 Å². The predicted molar refractivity (Wildman–Crippen MR) is 44.5 cm³/mol. The lowest BCUT2D eigenvalue weighted by atomic mass is 9.96. The molecular weight excluding hydrogens is 142 g/mol. The standard InChI is InChI=1S/C8H15NO2/c1-4-5-6-8(2,9-3)7(10)11/h4,9H,1,5-6H2,2-3H3,(H,10,11). The Morgan fingerprint density at radius 3 is 2.64 bits per heavy atom. The highest BCUT2D eigenvalue weighted by Gasteiger charge is 2.29. The highest BCUT2D eigenvalue weighted by atomic mass is 16.4. The number of allylic oxidation sites excluding steroid dienone is 1. The van der Waals surface area contributed by atoms with Crippen LogP contribution in [0.2, 0.25) is 0 Å². The molecule has 0 heterocycles. The second-order valence-corrected chi connectivity index (χ2v) is 2.71. The summed E-state index contributed by atoms with van der Waals surface area (Å²) in [4.78, 5) is 10.7. The topological polar surface area (TPSA) is 49.3 Å². The number of hydrogen-bond donors (Lipinski definition) is 2. The second-order valence-electron chi connectivity index (χ2n) is 2.71. The molecule has 0 aromatic rings. The van der Waals surface area contributed by atoms with Crippen LogP contribution in [0.1, 0.15) is 19.8 Å². The molecule has 0 amide bonds. The zero-order valence-electron chi connectivity index (χ0n) is 7.05. The lowest BCUT2D eigenvalue weighted by Crippen LogP contribution is -2.47. The van der Waals surface area contributed by atoms with E-state index in [1.54, 1.807) is 20.0 Å². The average Bonchev–Trinajstić information content (AvgIpc) is 2.00. The zero-order chi connectivity index (χ0) is 8.91. The maximum absolute atomic E-state index is 10.7. The van der Waals surface area contributed by atoms with Crippen molar-refractivity contribution in [2.24, 2.45) is 0 Å². The number of likely N-dealkylation sites (N-methyl/N-ethyl adjacent to an activating group) is 1. The van der Waals surface area contributed by atoms with Crippen LogP contribution >= 0.6 is 0 Å². The highest BCUT2D eigenvalue weighted by Crippen LogP contribution is 2.11. The van der Waals surface area contributed by atoms with Crippen LogP contribution < -0.4 is 5.32 Å². The summed E-state index contributed by atoms with van der Waals surface area (Å²) in [5, 5.41) is 11.5. The Kier molecular flexibility index (Phi) is 3.82. The molecule has 3 heteroatoms. The van der Waals surface area contributed by atoms with Crippen molar-refractivity contribution in [1.82, 2.24) is 5.32 Å². The van der Waals surface area contributed by atoms with Gasteiger partial charge in [-0.1, -0.05) is 6.08 Å². The fourth-order valence-corrected chi connectivity index (χ4v) is 0.730. The largest absolute Gasteiger partial charge is 0.480 e. The molecule has 0 radical (unpaired) electrons. The zero-order valence-corrected chi connectivity index (χ0v) is 7.05. The van der Waals surface area contributed by atoms with E-state index in [9.17, 15) is 4.79 Å². The summed E-state index contributed by atoms with van der Waals surface area (Å²) in [5.41, 5.74) is -0.811. The number of carboxylic acid groups (broad SMARTS) is 1. The normalized spacial score (nSPS) is 15.5. The minimum Gasteiger partial charge on any atom is -0.480 e. The van der Waals surface area contributed by atoms with Crippen molar-refractivity contribution in [3.05, 3.63) is 12.7 Å². The lowest BCUT2D eigenvalue weighted by molar-refractivity contribution is -0.144. The molecular formula is C8H15NO2. The third-order valence-corrected chi connectivity index (χ3v) is 1.87. The van der Waals surface area contributed by atoms with Crippen LogP contribution in [-0.2, 0) is 4.79 Å². The molecule has 0 fully saturated rings. The minimum absolute atomic E-state index is 0.572. The third-order valence-electron chi connectivity index (χ3n) is 1.87. The molecule has 2 N–H and O–H groups in total. The Morgan fingerprint density at radius 2 is 2.36 bits per heavy atom.